The summed E-state index contributed by atoms with van der Waals surface area (Å²) in [5, 5.41) is 6.71. The van der Waals surface area contributed by atoms with E-state index in [1.54, 1.807) is 36.4 Å². The van der Waals surface area contributed by atoms with E-state index in [0.717, 1.165) is 4.90 Å². The van der Waals surface area contributed by atoms with Crippen LogP contribution in [0.25, 0.3) is 0 Å². The molecule has 2 N–H and O–H groups in total. The van der Waals surface area contributed by atoms with Gasteiger partial charge in [-0.15, -0.1) is 0 Å². The molecule has 0 saturated carbocycles. The number of nitrogens with zero attached hydrogens (tertiary/aromatic N) is 1. The molecular weight excluding hydrogens is 476 g/mol. The number of imide groups is 1. The van der Waals surface area contributed by atoms with Crippen molar-refractivity contribution >= 4 is 75.8 Å². The topological polar surface area (TPSA) is 71.1 Å². The van der Waals surface area contributed by atoms with E-state index in [9.17, 15) is 9.59 Å². The van der Waals surface area contributed by atoms with Crippen molar-refractivity contribution in [1.29, 1.82) is 0 Å². The lowest BCUT2D eigenvalue weighted by molar-refractivity contribution is 0.0967. The zero-order valence-electron chi connectivity index (χ0n) is 14.4. The maximum Gasteiger partial charge on any atom is 0.326 e. The van der Waals surface area contributed by atoms with Crippen molar-refractivity contribution < 1.29 is 9.59 Å². The molecular formula is C19H11Cl4N3O2S. The monoisotopic (exact) mass is 485 g/mol. The molecule has 0 fully saturated rings. The minimum Gasteiger partial charge on any atom is -0.306 e. The summed E-state index contributed by atoms with van der Waals surface area (Å²) < 4.78 is 0. The van der Waals surface area contributed by atoms with Gasteiger partial charge in [0.2, 0.25) is 0 Å². The van der Waals surface area contributed by atoms with E-state index in [0.29, 0.717) is 20.8 Å². The molecule has 3 amide bonds. The number of nitrogens with one attached hydrogen (secondary N) is 2. The predicted molar refractivity (Wildman–Crippen MR) is 118 cm³/mol. The first-order valence-corrected chi connectivity index (χ1v) is 10.3. The predicted octanol–water partition coefficient (Wildman–Crippen LogP) is 6.81. The van der Waals surface area contributed by atoms with Crippen molar-refractivity contribution in [1.82, 2.24) is 10.3 Å². The highest BCUT2D eigenvalue weighted by Gasteiger charge is 2.17. The lowest BCUT2D eigenvalue weighted by atomic mass is 10.2. The van der Waals surface area contributed by atoms with E-state index < -0.39 is 11.9 Å². The second-order valence-electron chi connectivity index (χ2n) is 5.60. The highest BCUT2D eigenvalue weighted by Crippen LogP contribution is 2.31. The van der Waals surface area contributed by atoms with Gasteiger partial charge in [0.05, 0.1) is 27.5 Å². The van der Waals surface area contributed by atoms with Crippen LogP contribution in [-0.4, -0.2) is 16.9 Å². The number of benzene rings is 2. The first-order valence-electron chi connectivity index (χ1n) is 7.98. The highest BCUT2D eigenvalue weighted by molar-refractivity contribution is 7.99. The van der Waals surface area contributed by atoms with Crippen LogP contribution in [0.3, 0.4) is 0 Å². The number of hydrogen-bond donors (Lipinski definition) is 2. The quantitative estimate of drug-likeness (QED) is 0.425. The molecule has 10 heteroatoms. The van der Waals surface area contributed by atoms with Gasteiger partial charge < -0.3 is 5.32 Å². The van der Waals surface area contributed by atoms with Gasteiger partial charge in [-0.05, 0) is 42.5 Å². The number of halogens is 4. The van der Waals surface area contributed by atoms with Crippen LogP contribution in [0.15, 0.2) is 64.6 Å². The Bertz CT molecular complexity index is 1040. The summed E-state index contributed by atoms with van der Waals surface area (Å²) in [5.41, 5.74) is 0.421. The number of rotatable bonds is 4. The van der Waals surface area contributed by atoms with Crippen LogP contribution in [-0.2, 0) is 0 Å². The Kier molecular flexibility index (Phi) is 7.27. The largest absolute Gasteiger partial charge is 0.326 e. The Hall–Kier alpha value is -1.96. The lowest BCUT2D eigenvalue weighted by Gasteiger charge is -2.09. The summed E-state index contributed by atoms with van der Waals surface area (Å²) in [4.78, 5) is 29.4. The number of anilines is 1. The third-order valence-corrected chi connectivity index (χ3v) is 5.46. The summed E-state index contributed by atoms with van der Waals surface area (Å²) in [6.45, 7) is 0. The summed E-state index contributed by atoms with van der Waals surface area (Å²) in [6, 6.07) is 12.4. The van der Waals surface area contributed by atoms with E-state index >= 15 is 0 Å². The minimum atomic E-state index is -0.741. The number of pyridine rings is 1. The number of amides is 3. The van der Waals surface area contributed by atoms with Gasteiger partial charge in [-0.2, -0.15) is 0 Å². The van der Waals surface area contributed by atoms with E-state index in [-0.39, 0.29) is 15.6 Å². The van der Waals surface area contributed by atoms with Crippen molar-refractivity contribution in [3.05, 3.63) is 80.4 Å². The van der Waals surface area contributed by atoms with Crippen LogP contribution in [0.2, 0.25) is 20.1 Å². The van der Waals surface area contributed by atoms with Crippen molar-refractivity contribution in [3.8, 4) is 0 Å². The Morgan fingerprint density at radius 3 is 2.14 bits per heavy atom. The smallest absolute Gasteiger partial charge is 0.306 e. The molecule has 29 heavy (non-hydrogen) atoms. The maximum atomic E-state index is 12.2. The van der Waals surface area contributed by atoms with E-state index in [1.807, 2.05) is 0 Å². The molecule has 0 aliphatic carbocycles. The fraction of sp³-hybridized carbons (Fsp3) is 0. The molecule has 0 atom stereocenters. The standard InChI is InChI=1S/C19H11Cl4N3O2S/c20-10-6-11(21)8-13(7-10)29-16-5-4-12(9-24-16)25-19(28)26-18(27)17-14(22)2-1-3-15(17)23/h1-9H,(H2,25,26,27,28). The van der Waals surface area contributed by atoms with Crippen molar-refractivity contribution in [2.24, 2.45) is 0 Å². The van der Waals surface area contributed by atoms with Gasteiger partial charge in [0.25, 0.3) is 5.91 Å². The number of aromatic nitrogens is 1. The van der Waals surface area contributed by atoms with Crippen molar-refractivity contribution in [3.63, 3.8) is 0 Å². The van der Waals surface area contributed by atoms with Crippen LogP contribution in [0, 0.1) is 0 Å². The number of urea groups is 1. The molecule has 0 spiro atoms. The van der Waals surface area contributed by atoms with Gasteiger partial charge in [-0.25, -0.2) is 9.78 Å². The molecule has 2 aromatic carbocycles. The molecule has 1 aromatic heterocycles. The van der Waals surface area contributed by atoms with Crippen LogP contribution in [0.4, 0.5) is 10.5 Å². The third kappa shape index (κ3) is 6.01. The highest BCUT2D eigenvalue weighted by atomic mass is 35.5. The molecule has 0 radical (unpaired) electrons. The number of carbonyl (C=O) groups excluding carboxylic acids is 2. The second-order valence-corrected chi connectivity index (χ2v) is 8.38. The second kappa shape index (κ2) is 9.69. The number of carbonyl (C=O) groups is 2. The molecule has 0 saturated heterocycles. The van der Waals surface area contributed by atoms with Gasteiger partial charge in [0.1, 0.15) is 5.03 Å². The average molecular weight is 487 g/mol. The third-order valence-electron chi connectivity index (χ3n) is 3.47. The molecule has 0 unspecified atom stereocenters. The molecule has 0 aliphatic rings. The molecule has 1 heterocycles. The lowest BCUT2D eigenvalue weighted by Crippen LogP contribution is -2.34. The van der Waals surface area contributed by atoms with E-state index in [1.165, 1.54) is 30.1 Å². The molecule has 5 nitrogen and oxygen atoms in total. The maximum absolute atomic E-state index is 12.2. The summed E-state index contributed by atoms with van der Waals surface area (Å²) in [7, 11) is 0. The average Bonchev–Trinajstić information content (AvgIpc) is 2.62. The molecule has 0 bridgehead atoms. The molecule has 3 aromatic rings. The van der Waals surface area contributed by atoms with E-state index in [2.05, 4.69) is 15.6 Å². The van der Waals surface area contributed by atoms with Gasteiger partial charge in [0.15, 0.2) is 0 Å². The zero-order valence-corrected chi connectivity index (χ0v) is 18.2. The fourth-order valence-corrected chi connectivity index (χ4v) is 4.34. The van der Waals surface area contributed by atoms with Gasteiger partial charge >= 0.3 is 6.03 Å². The minimum absolute atomic E-state index is 0.0241. The molecule has 3 rings (SSSR count). The summed E-state index contributed by atoms with van der Waals surface area (Å²) >= 11 is 25.3. The Morgan fingerprint density at radius 1 is 0.897 bits per heavy atom. The van der Waals surface area contributed by atoms with Crippen molar-refractivity contribution in [2.45, 2.75) is 9.92 Å². The SMILES string of the molecule is O=C(NC(=O)c1c(Cl)cccc1Cl)Nc1ccc(Sc2cc(Cl)cc(Cl)c2)nc1. The first kappa shape index (κ1) is 21.7. The van der Waals surface area contributed by atoms with Gasteiger partial charge in [-0.1, -0.05) is 64.2 Å². The zero-order chi connectivity index (χ0) is 21.0. The Balaban J connectivity index is 1.62. The summed E-state index contributed by atoms with van der Waals surface area (Å²) in [6.07, 6.45) is 1.46. The van der Waals surface area contributed by atoms with Crippen LogP contribution >= 0.6 is 58.2 Å². The van der Waals surface area contributed by atoms with Crippen LogP contribution < -0.4 is 10.6 Å². The van der Waals surface area contributed by atoms with E-state index in [4.69, 9.17) is 46.4 Å². The Morgan fingerprint density at radius 2 is 1.55 bits per heavy atom. The summed E-state index contributed by atoms with van der Waals surface area (Å²) in [5.74, 6) is -0.712. The normalized spacial score (nSPS) is 10.5. The first-order chi connectivity index (χ1) is 13.8. The van der Waals surface area contributed by atoms with Crippen molar-refractivity contribution in [2.75, 3.05) is 5.32 Å². The van der Waals surface area contributed by atoms with Crippen LogP contribution in [0.5, 0.6) is 0 Å². The van der Waals surface area contributed by atoms with Gasteiger partial charge in [-0.3, -0.25) is 10.1 Å². The van der Waals surface area contributed by atoms with Crippen LogP contribution in [0.1, 0.15) is 10.4 Å². The van der Waals surface area contributed by atoms with Gasteiger partial charge in [0, 0.05) is 14.9 Å². The fourth-order valence-electron chi connectivity index (χ4n) is 2.27. The number of hydrogen-bond acceptors (Lipinski definition) is 4. The molecule has 148 valence electrons. The Labute approximate surface area is 190 Å². The molecule has 0 aliphatic heterocycles.